The Morgan fingerprint density at radius 2 is 1.95 bits per heavy atom. The molecule has 1 aromatic heterocycles. The van der Waals surface area contributed by atoms with Crippen LogP contribution in [0.2, 0.25) is 0 Å². The number of ether oxygens (including phenoxy) is 1. The van der Waals surface area contributed by atoms with Crippen LogP contribution in [0, 0.1) is 0 Å². The maximum atomic E-state index is 11.7. The molecule has 0 saturated heterocycles. The van der Waals surface area contributed by atoms with Crippen LogP contribution in [0.5, 0.6) is 0 Å². The molecule has 1 amide bonds. The second kappa shape index (κ2) is 6.67. The molecular formula is C12H18N4O3. The smallest absolute Gasteiger partial charge is 0.325 e. The van der Waals surface area contributed by atoms with Gasteiger partial charge >= 0.3 is 5.97 Å². The van der Waals surface area contributed by atoms with Crippen molar-refractivity contribution in [2.45, 2.75) is 6.92 Å². The average molecular weight is 266 g/mol. The van der Waals surface area contributed by atoms with E-state index in [4.69, 9.17) is 0 Å². The number of esters is 1. The van der Waals surface area contributed by atoms with E-state index in [0.29, 0.717) is 12.4 Å². The number of carbonyl (C=O) groups is 2. The van der Waals surface area contributed by atoms with Gasteiger partial charge in [-0.25, -0.2) is 0 Å². The van der Waals surface area contributed by atoms with Gasteiger partial charge in [0.15, 0.2) is 11.5 Å². The van der Waals surface area contributed by atoms with Gasteiger partial charge in [-0.1, -0.05) is 0 Å². The molecule has 0 atom stereocenters. The van der Waals surface area contributed by atoms with Crippen LogP contribution in [0.25, 0.3) is 0 Å². The summed E-state index contributed by atoms with van der Waals surface area (Å²) in [5.74, 6) is -0.0321. The van der Waals surface area contributed by atoms with Crippen LogP contribution in [0.1, 0.15) is 17.4 Å². The summed E-state index contributed by atoms with van der Waals surface area (Å²) in [6.07, 6.45) is 0. The van der Waals surface area contributed by atoms with Crippen molar-refractivity contribution < 1.29 is 14.3 Å². The van der Waals surface area contributed by atoms with E-state index >= 15 is 0 Å². The molecule has 7 heteroatoms. The van der Waals surface area contributed by atoms with Crippen LogP contribution >= 0.6 is 0 Å². The van der Waals surface area contributed by atoms with Crippen molar-refractivity contribution in [3.05, 3.63) is 17.8 Å². The average Bonchev–Trinajstić information content (AvgIpc) is 2.43. The minimum atomic E-state index is -0.350. The van der Waals surface area contributed by atoms with Gasteiger partial charge in [-0.3, -0.25) is 9.59 Å². The summed E-state index contributed by atoms with van der Waals surface area (Å²) >= 11 is 0. The quantitative estimate of drug-likeness (QED) is 0.708. The summed E-state index contributed by atoms with van der Waals surface area (Å²) in [7, 11) is 4.63. The molecule has 0 saturated carbocycles. The standard InChI is InChI=1S/C12H18N4O3/c1-5-16(8-11(17)19-4)10-7-6-9(13-14-10)12(18)15(2)3/h6-7H,5,8H2,1-4H3. The molecule has 0 bridgehead atoms. The zero-order chi connectivity index (χ0) is 14.4. The lowest BCUT2D eigenvalue weighted by Gasteiger charge is -2.19. The van der Waals surface area contributed by atoms with Crippen LogP contribution < -0.4 is 4.90 Å². The van der Waals surface area contributed by atoms with Gasteiger partial charge in [0.1, 0.15) is 6.54 Å². The molecule has 19 heavy (non-hydrogen) atoms. The zero-order valence-corrected chi connectivity index (χ0v) is 11.6. The maximum absolute atomic E-state index is 11.7. The van der Waals surface area contributed by atoms with Crippen LogP contribution in [0.3, 0.4) is 0 Å². The molecular weight excluding hydrogens is 248 g/mol. The normalized spacial score (nSPS) is 9.89. The Morgan fingerprint density at radius 1 is 1.26 bits per heavy atom. The number of anilines is 1. The Balaban J connectivity index is 2.84. The first kappa shape index (κ1) is 14.9. The van der Waals surface area contributed by atoms with E-state index in [1.807, 2.05) is 6.92 Å². The summed E-state index contributed by atoms with van der Waals surface area (Å²) < 4.78 is 4.61. The molecule has 0 aliphatic carbocycles. The SMILES string of the molecule is CCN(CC(=O)OC)c1ccc(C(=O)N(C)C)nn1. The first-order chi connectivity index (χ1) is 8.99. The minimum Gasteiger partial charge on any atom is -0.468 e. The highest BCUT2D eigenvalue weighted by Crippen LogP contribution is 2.10. The Bertz CT molecular complexity index is 445. The van der Waals surface area contributed by atoms with Crippen LogP contribution in [0.4, 0.5) is 5.82 Å². The van der Waals surface area contributed by atoms with E-state index in [-0.39, 0.29) is 24.1 Å². The number of hydrogen-bond acceptors (Lipinski definition) is 6. The Hall–Kier alpha value is -2.18. The molecule has 1 rings (SSSR count). The first-order valence-corrected chi connectivity index (χ1v) is 5.86. The number of methoxy groups -OCH3 is 1. The highest BCUT2D eigenvalue weighted by Gasteiger charge is 2.14. The lowest BCUT2D eigenvalue weighted by atomic mass is 10.3. The molecule has 7 nitrogen and oxygen atoms in total. The van der Waals surface area contributed by atoms with E-state index in [2.05, 4.69) is 14.9 Å². The molecule has 0 aliphatic rings. The second-order valence-corrected chi connectivity index (χ2v) is 4.07. The molecule has 0 aliphatic heterocycles. The maximum Gasteiger partial charge on any atom is 0.325 e. The largest absolute Gasteiger partial charge is 0.468 e. The molecule has 0 unspecified atom stereocenters. The van der Waals surface area contributed by atoms with Gasteiger partial charge in [0.2, 0.25) is 0 Å². The summed E-state index contributed by atoms with van der Waals surface area (Å²) in [6, 6.07) is 3.25. The molecule has 0 spiro atoms. The molecule has 0 radical (unpaired) electrons. The van der Waals surface area contributed by atoms with Crippen molar-refractivity contribution in [2.75, 3.05) is 39.2 Å². The van der Waals surface area contributed by atoms with E-state index in [1.165, 1.54) is 12.0 Å². The van der Waals surface area contributed by atoms with Crippen LogP contribution in [-0.4, -0.2) is 61.3 Å². The monoisotopic (exact) mass is 266 g/mol. The number of likely N-dealkylation sites (N-methyl/N-ethyl adjacent to an activating group) is 1. The second-order valence-electron chi connectivity index (χ2n) is 4.07. The fourth-order valence-corrected chi connectivity index (χ4v) is 1.41. The van der Waals surface area contributed by atoms with Gasteiger partial charge in [-0.05, 0) is 19.1 Å². The third-order valence-electron chi connectivity index (χ3n) is 2.53. The molecule has 1 aromatic rings. The van der Waals surface area contributed by atoms with E-state index < -0.39 is 0 Å². The Morgan fingerprint density at radius 3 is 2.37 bits per heavy atom. The van der Waals surface area contributed by atoms with E-state index in [1.54, 1.807) is 31.1 Å². The number of amides is 1. The number of rotatable bonds is 5. The summed E-state index contributed by atoms with van der Waals surface area (Å²) in [4.78, 5) is 26.0. The Kier molecular flexibility index (Phi) is 5.23. The third-order valence-corrected chi connectivity index (χ3v) is 2.53. The summed E-state index contributed by atoms with van der Waals surface area (Å²) in [6.45, 7) is 2.58. The molecule has 0 aromatic carbocycles. The minimum absolute atomic E-state index is 0.0999. The lowest BCUT2D eigenvalue weighted by molar-refractivity contribution is -0.138. The van der Waals surface area contributed by atoms with Gasteiger partial charge in [0.25, 0.3) is 5.91 Å². The summed E-state index contributed by atoms with van der Waals surface area (Å²) in [5.41, 5.74) is 0.267. The highest BCUT2D eigenvalue weighted by atomic mass is 16.5. The van der Waals surface area contributed by atoms with E-state index in [9.17, 15) is 9.59 Å². The zero-order valence-electron chi connectivity index (χ0n) is 11.6. The molecule has 0 fully saturated rings. The van der Waals surface area contributed by atoms with Crippen molar-refractivity contribution in [2.24, 2.45) is 0 Å². The van der Waals surface area contributed by atoms with Crippen molar-refractivity contribution in [3.63, 3.8) is 0 Å². The lowest BCUT2D eigenvalue weighted by Crippen LogP contribution is -2.31. The number of nitrogens with zero attached hydrogens (tertiary/aromatic N) is 4. The predicted octanol–water partition coefficient (Wildman–Crippen LogP) is 0.178. The molecule has 1 heterocycles. The molecule has 104 valence electrons. The predicted molar refractivity (Wildman–Crippen MR) is 70.0 cm³/mol. The first-order valence-electron chi connectivity index (χ1n) is 5.86. The Labute approximate surface area is 112 Å². The van der Waals surface area contributed by atoms with Crippen LogP contribution in [0.15, 0.2) is 12.1 Å². The van der Waals surface area contributed by atoms with Gasteiger partial charge in [0.05, 0.1) is 7.11 Å². The summed E-state index contributed by atoms with van der Waals surface area (Å²) in [5, 5.41) is 7.83. The van der Waals surface area contributed by atoms with Gasteiger partial charge < -0.3 is 14.5 Å². The van der Waals surface area contributed by atoms with Crippen molar-refractivity contribution in [1.82, 2.24) is 15.1 Å². The van der Waals surface area contributed by atoms with Crippen molar-refractivity contribution in [3.8, 4) is 0 Å². The van der Waals surface area contributed by atoms with Gasteiger partial charge in [0, 0.05) is 20.6 Å². The van der Waals surface area contributed by atoms with E-state index in [0.717, 1.165) is 0 Å². The fourth-order valence-electron chi connectivity index (χ4n) is 1.41. The third kappa shape index (κ3) is 3.90. The number of hydrogen-bond donors (Lipinski definition) is 0. The number of aromatic nitrogens is 2. The fraction of sp³-hybridized carbons (Fsp3) is 0.500. The van der Waals surface area contributed by atoms with Crippen molar-refractivity contribution in [1.29, 1.82) is 0 Å². The topological polar surface area (TPSA) is 75.6 Å². The van der Waals surface area contributed by atoms with Crippen LogP contribution in [-0.2, 0) is 9.53 Å². The molecule has 0 N–H and O–H groups in total. The highest BCUT2D eigenvalue weighted by molar-refractivity contribution is 5.91. The van der Waals surface area contributed by atoms with Gasteiger partial charge in [-0.15, -0.1) is 10.2 Å². The number of carbonyl (C=O) groups excluding carboxylic acids is 2. The van der Waals surface area contributed by atoms with Gasteiger partial charge in [-0.2, -0.15) is 0 Å². The van der Waals surface area contributed by atoms with Crippen molar-refractivity contribution >= 4 is 17.7 Å².